The predicted octanol–water partition coefficient (Wildman–Crippen LogP) is 5.67. The molecular weight excluding hydrogens is 342 g/mol. The van der Waals surface area contributed by atoms with Gasteiger partial charge in [0.15, 0.2) is 0 Å². The maximum atomic E-state index is 11.2. The first-order valence-corrected chi connectivity index (χ1v) is 9.40. The molecule has 4 aromatic rings. The van der Waals surface area contributed by atoms with Crippen LogP contribution in [0.5, 0.6) is 5.75 Å². The lowest BCUT2D eigenvalue weighted by Crippen LogP contribution is -2.31. The van der Waals surface area contributed by atoms with Crippen LogP contribution in [0.4, 0.5) is 5.69 Å². The first kappa shape index (κ1) is 17.9. The molecule has 0 fully saturated rings. The van der Waals surface area contributed by atoms with Gasteiger partial charge >= 0.3 is 0 Å². The highest BCUT2D eigenvalue weighted by atomic mass is 16.3. The van der Waals surface area contributed by atoms with E-state index in [-0.39, 0.29) is 5.75 Å². The van der Waals surface area contributed by atoms with Crippen molar-refractivity contribution >= 4 is 5.69 Å². The minimum absolute atomic E-state index is 0.269. The van der Waals surface area contributed by atoms with Crippen molar-refractivity contribution in [3.63, 3.8) is 0 Å². The molecule has 0 aliphatic heterocycles. The SMILES string of the molecule is Cc1cc(N)cc(C(c2ccccc2)(c2ccccc2)c2ccccc2)c1O. The molecule has 2 heteroatoms. The van der Waals surface area contributed by atoms with Gasteiger partial charge in [0.05, 0.1) is 5.41 Å². The molecule has 4 rings (SSSR count). The number of aryl methyl sites for hydroxylation is 1. The summed E-state index contributed by atoms with van der Waals surface area (Å²) in [4.78, 5) is 0. The van der Waals surface area contributed by atoms with Gasteiger partial charge < -0.3 is 10.8 Å². The lowest BCUT2D eigenvalue weighted by atomic mass is 9.64. The summed E-state index contributed by atoms with van der Waals surface area (Å²) in [5.74, 6) is 0.269. The molecule has 0 unspecified atom stereocenters. The zero-order valence-corrected chi connectivity index (χ0v) is 15.8. The summed E-state index contributed by atoms with van der Waals surface area (Å²) in [5.41, 5.74) is 11.0. The van der Waals surface area contributed by atoms with Crippen LogP contribution in [0.25, 0.3) is 0 Å². The Bertz CT molecular complexity index is 977. The number of hydrogen-bond acceptors (Lipinski definition) is 2. The van der Waals surface area contributed by atoms with E-state index in [0.717, 1.165) is 27.8 Å². The Kier molecular flexibility index (Phi) is 4.62. The summed E-state index contributed by atoms with van der Waals surface area (Å²) in [6, 6.07) is 34.6. The largest absolute Gasteiger partial charge is 0.507 e. The Morgan fingerprint density at radius 3 is 1.43 bits per heavy atom. The molecule has 4 aromatic carbocycles. The molecule has 28 heavy (non-hydrogen) atoms. The van der Waals surface area contributed by atoms with E-state index in [1.807, 2.05) is 73.7 Å². The molecule has 2 nitrogen and oxygen atoms in total. The second-order valence-corrected chi connectivity index (χ2v) is 7.08. The first-order valence-electron chi connectivity index (χ1n) is 9.40. The summed E-state index contributed by atoms with van der Waals surface area (Å²) in [6.07, 6.45) is 0. The van der Waals surface area contributed by atoms with Crippen molar-refractivity contribution in [3.05, 3.63) is 131 Å². The van der Waals surface area contributed by atoms with E-state index in [0.29, 0.717) is 5.69 Å². The fourth-order valence-electron chi connectivity index (χ4n) is 4.12. The molecule has 0 saturated carbocycles. The van der Waals surface area contributed by atoms with Crippen molar-refractivity contribution in [1.82, 2.24) is 0 Å². The van der Waals surface area contributed by atoms with Gasteiger partial charge in [0.2, 0.25) is 0 Å². The molecule has 0 saturated heterocycles. The van der Waals surface area contributed by atoms with Crippen molar-refractivity contribution in [2.45, 2.75) is 12.3 Å². The number of aromatic hydroxyl groups is 1. The third kappa shape index (κ3) is 2.84. The molecule has 0 radical (unpaired) electrons. The van der Waals surface area contributed by atoms with Crippen molar-refractivity contribution in [2.24, 2.45) is 0 Å². The maximum absolute atomic E-state index is 11.2. The van der Waals surface area contributed by atoms with Gasteiger partial charge in [-0.25, -0.2) is 0 Å². The van der Waals surface area contributed by atoms with E-state index in [1.54, 1.807) is 0 Å². The van der Waals surface area contributed by atoms with Crippen LogP contribution in [0.2, 0.25) is 0 Å². The van der Waals surface area contributed by atoms with Crippen LogP contribution >= 0.6 is 0 Å². The lowest BCUT2D eigenvalue weighted by Gasteiger charge is -2.37. The monoisotopic (exact) mass is 365 g/mol. The number of nitrogens with two attached hydrogens (primary N) is 1. The van der Waals surface area contributed by atoms with Gasteiger partial charge in [-0.3, -0.25) is 0 Å². The molecule has 0 spiro atoms. The zero-order valence-electron chi connectivity index (χ0n) is 15.8. The number of hydrogen-bond donors (Lipinski definition) is 2. The van der Waals surface area contributed by atoms with Crippen LogP contribution < -0.4 is 5.73 Å². The third-order valence-corrected chi connectivity index (χ3v) is 5.35. The summed E-state index contributed by atoms with van der Waals surface area (Å²) < 4.78 is 0. The highest BCUT2D eigenvalue weighted by Crippen LogP contribution is 2.49. The van der Waals surface area contributed by atoms with Crippen molar-refractivity contribution in [3.8, 4) is 5.75 Å². The first-order chi connectivity index (χ1) is 13.6. The molecule has 0 aliphatic rings. The molecule has 0 aliphatic carbocycles. The Hall–Kier alpha value is -3.52. The van der Waals surface area contributed by atoms with Crippen LogP contribution in [-0.2, 0) is 5.41 Å². The van der Waals surface area contributed by atoms with Gasteiger partial charge in [-0.1, -0.05) is 91.0 Å². The Labute approximate surface area is 165 Å². The zero-order chi connectivity index (χ0) is 19.6. The topological polar surface area (TPSA) is 46.2 Å². The highest BCUT2D eigenvalue weighted by Gasteiger charge is 2.40. The van der Waals surface area contributed by atoms with Crippen molar-refractivity contribution < 1.29 is 5.11 Å². The molecule has 0 atom stereocenters. The van der Waals surface area contributed by atoms with Gasteiger partial charge in [-0.05, 0) is 41.3 Å². The van der Waals surface area contributed by atoms with Crippen LogP contribution in [-0.4, -0.2) is 5.11 Å². The smallest absolute Gasteiger partial charge is 0.123 e. The van der Waals surface area contributed by atoms with E-state index in [4.69, 9.17) is 5.73 Å². The average molecular weight is 365 g/mol. The molecule has 138 valence electrons. The van der Waals surface area contributed by atoms with E-state index in [1.165, 1.54) is 0 Å². The summed E-state index contributed by atoms with van der Waals surface area (Å²) in [6.45, 7) is 1.89. The number of phenolic OH excluding ortho intramolecular Hbond substituents is 1. The molecule has 0 bridgehead atoms. The van der Waals surface area contributed by atoms with E-state index >= 15 is 0 Å². The predicted molar refractivity (Wildman–Crippen MR) is 116 cm³/mol. The highest BCUT2D eigenvalue weighted by molar-refractivity contribution is 5.67. The van der Waals surface area contributed by atoms with Crippen LogP contribution in [0, 0.1) is 6.92 Å². The minimum Gasteiger partial charge on any atom is -0.507 e. The Morgan fingerprint density at radius 1 is 0.643 bits per heavy atom. The molecule has 0 aromatic heterocycles. The Morgan fingerprint density at radius 2 is 1.04 bits per heavy atom. The standard InChI is InChI=1S/C26H23NO/c1-19-17-23(27)18-24(25(19)28)26(20-11-5-2-6-12-20,21-13-7-3-8-14-21)22-15-9-4-10-16-22/h2-18,28H,27H2,1H3. The second-order valence-electron chi connectivity index (χ2n) is 7.08. The van der Waals surface area contributed by atoms with Gasteiger partial charge in [0, 0.05) is 11.3 Å². The van der Waals surface area contributed by atoms with Crippen LogP contribution in [0.1, 0.15) is 27.8 Å². The summed E-state index contributed by atoms with van der Waals surface area (Å²) in [7, 11) is 0. The molecule has 0 amide bonds. The third-order valence-electron chi connectivity index (χ3n) is 5.35. The minimum atomic E-state index is -0.687. The van der Waals surface area contributed by atoms with Gasteiger partial charge in [-0.2, -0.15) is 0 Å². The van der Waals surface area contributed by atoms with E-state index < -0.39 is 5.41 Å². The number of anilines is 1. The number of phenols is 1. The van der Waals surface area contributed by atoms with E-state index in [9.17, 15) is 5.11 Å². The summed E-state index contributed by atoms with van der Waals surface area (Å²) in [5, 5.41) is 11.2. The number of rotatable bonds is 4. The van der Waals surface area contributed by atoms with Crippen molar-refractivity contribution in [2.75, 3.05) is 5.73 Å². The number of benzene rings is 4. The van der Waals surface area contributed by atoms with Crippen molar-refractivity contribution in [1.29, 1.82) is 0 Å². The van der Waals surface area contributed by atoms with Crippen LogP contribution in [0.15, 0.2) is 103 Å². The van der Waals surface area contributed by atoms with Crippen LogP contribution in [0.3, 0.4) is 0 Å². The average Bonchev–Trinajstić information content (AvgIpc) is 2.74. The van der Waals surface area contributed by atoms with Gasteiger partial charge in [-0.15, -0.1) is 0 Å². The Balaban J connectivity index is 2.21. The molecular formula is C26H23NO. The normalized spacial score (nSPS) is 11.3. The fourth-order valence-corrected chi connectivity index (χ4v) is 4.12. The fraction of sp³-hybridized carbons (Fsp3) is 0.0769. The molecule has 0 heterocycles. The quantitative estimate of drug-likeness (QED) is 0.278. The van der Waals surface area contributed by atoms with E-state index in [2.05, 4.69) is 36.4 Å². The second kappa shape index (κ2) is 7.24. The summed E-state index contributed by atoms with van der Waals surface area (Å²) >= 11 is 0. The maximum Gasteiger partial charge on any atom is 0.123 e. The number of nitrogen functional groups attached to an aromatic ring is 1. The van der Waals surface area contributed by atoms with Gasteiger partial charge in [0.1, 0.15) is 5.75 Å². The molecule has 3 N–H and O–H groups in total. The van der Waals surface area contributed by atoms with Gasteiger partial charge in [0.25, 0.3) is 0 Å². The lowest BCUT2D eigenvalue weighted by molar-refractivity contribution is 0.456.